The largest absolute Gasteiger partial charge is 0.504 e. The maximum Gasteiger partial charge on any atom is 0.196 e. The Morgan fingerprint density at radius 1 is 1.41 bits per heavy atom. The van der Waals surface area contributed by atoms with Crippen LogP contribution < -0.4 is 4.74 Å². The van der Waals surface area contributed by atoms with Gasteiger partial charge in [-0.05, 0) is 44.2 Å². The summed E-state index contributed by atoms with van der Waals surface area (Å²) in [6.45, 7) is 1.98. The molecule has 0 radical (unpaired) electrons. The Balaban J connectivity index is 1.93. The van der Waals surface area contributed by atoms with Gasteiger partial charge in [0.2, 0.25) is 0 Å². The quantitative estimate of drug-likeness (QED) is 0.749. The van der Waals surface area contributed by atoms with Gasteiger partial charge in [0.25, 0.3) is 0 Å². The summed E-state index contributed by atoms with van der Waals surface area (Å²) in [4.78, 5) is 14.6. The van der Waals surface area contributed by atoms with Crippen molar-refractivity contribution in [3.63, 3.8) is 0 Å². The van der Waals surface area contributed by atoms with E-state index in [1.165, 1.54) is 6.08 Å². The molecule has 2 heterocycles. The van der Waals surface area contributed by atoms with E-state index in [-0.39, 0.29) is 23.6 Å². The van der Waals surface area contributed by atoms with Crippen LogP contribution in [0.5, 0.6) is 11.5 Å². The topological polar surface area (TPSA) is 70.0 Å². The fourth-order valence-corrected chi connectivity index (χ4v) is 5.19. The van der Waals surface area contributed by atoms with Gasteiger partial charge >= 0.3 is 0 Å². The molecule has 1 aromatic rings. The molecule has 2 aliphatic carbocycles. The van der Waals surface area contributed by atoms with Crippen molar-refractivity contribution in [3.8, 4) is 11.5 Å². The number of carbonyl (C=O) groups excluding carboxylic acids is 1. The van der Waals surface area contributed by atoms with Crippen LogP contribution in [-0.2, 0) is 10.2 Å². The molecule has 1 fully saturated rings. The molecule has 22 heavy (non-hydrogen) atoms. The summed E-state index contributed by atoms with van der Waals surface area (Å²) in [7, 11) is 2.00. The van der Waals surface area contributed by atoms with Gasteiger partial charge in [0.1, 0.15) is 5.60 Å². The number of likely N-dealkylation sites (tertiary alicyclic amines) is 1. The molecule has 5 atom stereocenters. The van der Waals surface area contributed by atoms with E-state index in [0.29, 0.717) is 12.2 Å². The smallest absolute Gasteiger partial charge is 0.196 e. The van der Waals surface area contributed by atoms with Crippen LogP contribution in [0.3, 0.4) is 0 Å². The SMILES string of the molecule is C[C@H]1N(C)C2C[C@]34c5c2ccc(O)c5OC3C(=O)C=CC14O. The molecule has 5 rings (SSSR count). The minimum Gasteiger partial charge on any atom is -0.504 e. The lowest BCUT2D eigenvalue weighted by molar-refractivity contribution is -0.150. The van der Waals surface area contributed by atoms with E-state index in [1.54, 1.807) is 12.1 Å². The first-order valence-corrected chi connectivity index (χ1v) is 7.62. The lowest BCUT2D eigenvalue weighted by atomic mass is 9.57. The average Bonchev–Trinajstić information content (AvgIpc) is 3.00. The van der Waals surface area contributed by atoms with E-state index in [9.17, 15) is 15.0 Å². The van der Waals surface area contributed by atoms with Gasteiger partial charge in [-0.25, -0.2) is 0 Å². The molecular weight excluding hydrogens is 282 g/mol. The van der Waals surface area contributed by atoms with Crippen LogP contribution in [0.25, 0.3) is 0 Å². The van der Waals surface area contributed by atoms with E-state index in [2.05, 4.69) is 4.90 Å². The highest BCUT2D eigenvalue weighted by molar-refractivity contribution is 5.99. The number of phenols is 1. The first-order valence-electron chi connectivity index (χ1n) is 7.62. The minimum absolute atomic E-state index is 0.0422. The first-order chi connectivity index (χ1) is 10.4. The predicted molar refractivity (Wildman–Crippen MR) is 77.9 cm³/mol. The minimum atomic E-state index is -1.18. The Labute approximate surface area is 127 Å². The number of ether oxygens (including phenoxy) is 1. The van der Waals surface area contributed by atoms with Crippen molar-refractivity contribution in [2.75, 3.05) is 7.05 Å². The summed E-state index contributed by atoms with van der Waals surface area (Å²) in [5.41, 5.74) is -0.0671. The number of aromatic hydroxyl groups is 1. The zero-order chi connectivity index (χ0) is 15.4. The van der Waals surface area contributed by atoms with Crippen LogP contribution in [0.15, 0.2) is 24.3 Å². The second-order valence-electron chi connectivity index (χ2n) is 6.97. The summed E-state index contributed by atoms with van der Waals surface area (Å²) >= 11 is 0. The molecule has 2 N–H and O–H groups in total. The number of likely N-dealkylation sites (N-methyl/N-ethyl adjacent to an activating group) is 1. The Kier molecular flexibility index (Phi) is 1.95. The number of hydrogen-bond donors (Lipinski definition) is 2. The molecule has 0 aromatic heterocycles. The van der Waals surface area contributed by atoms with Crippen molar-refractivity contribution in [3.05, 3.63) is 35.4 Å². The fourth-order valence-electron chi connectivity index (χ4n) is 5.19. The van der Waals surface area contributed by atoms with Crippen molar-refractivity contribution < 1.29 is 19.7 Å². The van der Waals surface area contributed by atoms with Crippen molar-refractivity contribution in [2.45, 2.75) is 42.5 Å². The average molecular weight is 299 g/mol. The Morgan fingerprint density at radius 3 is 2.95 bits per heavy atom. The summed E-state index contributed by atoms with van der Waals surface area (Å²) in [6, 6.07) is 3.51. The number of benzene rings is 1. The van der Waals surface area contributed by atoms with Crippen LogP contribution in [0.4, 0.5) is 0 Å². The highest BCUT2D eigenvalue weighted by Gasteiger charge is 2.73. The predicted octanol–water partition coefficient (Wildman–Crippen LogP) is 1.04. The van der Waals surface area contributed by atoms with Gasteiger partial charge in [-0.15, -0.1) is 0 Å². The molecule has 1 aromatic carbocycles. The fraction of sp³-hybridized carbons (Fsp3) is 0.471. The molecule has 5 heteroatoms. The molecule has 4 aliphatic rings. The van der Waals surface area contributed by atoms with Crippen LogP contribution in [0.1, 0.15) is 30.5 Å². The number of rotatable bonds is 0. The Hall–Kier alpha value is -1.85. The van der Waals surface area contributed by atoms with E-state index >= 15 is 0 Å². The van der Waals surface area contributed by atoms with E-state index in [1.807, 2.05) is 20.0 Å². The summed E-state index contributed by atoms with van der Waals surface area (Å²) in [6.07, 6.45) is 2.96. The highest BCUT2D eigenvalue weighted by atomic mass is 16.5. The van der Waals surface area contributed by atoms with Crippen molar-refractivity contribution in [2.24, 2.45) is 0 Å². The zero-order valence-electron chi connectivity index (χ0n) is 12.4. The van der Waals surface area contributed by atoms with Gasteiger partial charge in [-0.2, -0.15) is 0 Å². The number of nitrogens with zero attached hydrogens (tertiary/aromatic N) is 1. The third-order valence-electron chi connectivity index (χ3n) is 6.39. The lowest BCUT2D eigenvalue weighted by Gasteiger charge is -2.55. The third-order valence-corrected chi connectivity index (χ3v) is 6.39. The van der Waals surface area contributed by atoms with Crippen LogP contribution in [-0.4, -0.2) is 45.7 Å². The van der Waals surface area contributed by atoms with Crippen molar-refractivity contribution in [1.82, 2.24) is 4.90 Å². The number of carbonyl (C=O) groups is 1. The van der Waals surface area contributed by atoms with Crippen LogP contribution >= 0.6 is 0 Å². The van der Waals surface area contributed by atoms with Crippen molar-refractivity contribution in [1.29, 1.82) is 0 Å². The summed E-state index contributed by atoms with van der Waals surface area (Å²) in [5.74, 6) is 0.284. The standard InChI is InChI=1S/C17H17NO4/c1-8-17(21)6-5-12(20)15-16(17)7-10(18(8)2)9-3-4-11(19)14(22-15)13(9)16/h3-6,8,10,15,19,21H,7H2,1-2H3/t8-,10?,15?,16+,17?/m1/s1. The molecular formula is C17H17NO4. The lowest BCUT2D eigenvalue weighted by Crippen LogP contribution is -2.70. The maximum absolute atomic E-state index is 12.4. The Morgan fingerprint density at radius 2 is 2.18 bits per heavy atom. The first kappa shape index (κ1) is 12.7. The van der Waals surface area contributed by atoms with Gasteiger partial charge in [0.05, 0.1) is 5.41 Å². The molecule has 3 unspecified atom stereocenters. The molecule has 0 saturated carbocycles. The monoisotopic (exact) mass is 299 g/mol. The van der Waals surface area contributed by atoms with Crippen LogP contribution in [0, 0.1) is 0 Å². The molecule has 114 valence electrons. The summed E-state index contributed by atoms with van der Waals surface area (Å²) in [5, 5.41) is 21.7. The normalized spacial score (nSPS) is 44.1. The third kappa shape index (κ3) is 0.998. The number of fused-ring (bicyclic) bond motifs is 2. The maximum atomic E-state index is 12.4. The van der Waals surface area contributed by atoms with Gasteiger partial charge < -0.3 is 14.9 Å². The molecule has 5 nitrogen and oxygen atoms in total. The molecule has 1 saturated heterocycles. The summed E-state index contributed by atoms with van der Waals surface area (Å²) < 4.78 is 5.86. The second kappa shape index (κ2) is 3.39. The molecule has 2 aliphatic heterocycles. The van der Waals surface area contributed by atoms with Gasteiger partial charge in [-0.3, -0.25) is 9.69 Å². The second-order valence-corrected chi connectivity index (χ2v) is 6.97. The van der Waals surface area contributed by atoms with Gasteiger partial charge in [-0.1, -0.05) is 6.07 Å². The molecule has 0 amide bonds. The number of aliphatic hydroxyl groups is 1. The van der Waals surface area contributed by atoms with E-state index in [0.717, 1.165) is 11.1 Å². The Bertz CT molecular complexity index is 772. The van der Waals surface area contributed by atoms with Crippen LogP contribution in [0.2, 0.25) is 0 Å². The molecule has 1 spiro atoms. The number of phenolic OH excluding ortho intramolecular Hbond substituents is 1. The van der Waals surface area contributed by atoms with Gasteiger partial charge in [0, 0.05) is 17.6 Å². The van der Waals surface area contributed by atoms with Crippen molar-refractivity contribution >= 4 is 5.78 Å². The van der Waals surface area contributed by atoms with Gasteiger partial charge in [0.15, 0.2) is 23.4 Å². The number of ketones is 1. The zero-order valence-corrected chi connectivity index (χ0v) is 12.4. The van der Waals surface area contributed by atoms with E-state index < -0.39 is 17.1 Å². The number of hydrogen-bond acceptors (Lipinski definition) is 5. The molecule has 2 bridgehead atoms. The highest BCUT2D eigenvalue weighted by Crippen LogP contribution is 2.68. The number of piperidine rings is 1. The van der Waals surface area contributed by atoms with E-state index in [4.69, 9.17) is 4.74 Å².